The summed E-state index contributed by atoms with van der Waals surface area (Å²) in [5.41, 5.74) is 2.48. The molecule has 1 fully saturated rings. The highest BCUT2D eigenvalue weighted by molar-refractivity contribution is 7.80. The Labute approximate surface area is 233 Å². The van der Waals surface area contributed by atoms with Crippen LogP contribution in [0.3, 0.4) is 0 Å². The second-order valence-electron chi connectivity index (χ2n) is 8.18. The van der Waals surface area contributed by atoms with Gasteiger partial charge in [-0.15, -0.1) is 6.58 Å². The molecule has 1 heterocycles. The van der Waals surface area contributed by atoms with Gasteiger partial charge in [-0.2, -0.15) is 0 Å². The van der Waals surface area contributed by atoms with Crippen molar-refractivity contribution in [2.75, 3.05) is 4.90 Å². The number of benzene rings is 3. The minimum Gasteiger partial charge on any atom is -0.489 e. The lowest BCUT2D eigenvalue weighted by molar-refractivity contribution is -0.122. The average Bonchev–Trinajstić information content (AvgIpc) is 2.89. The summed E-state index contributed by atoms with van der Waals surface area (Å²) in [6.45, 7) is 4.01. The number of hydrogen-bond acceptors (Lipinski definition) is 5. The Balaban J connectivity index is 1.61. The summed E-state index contributed by atoms with van der Waals surface area (Å²) in [5.74, 6) is -1.69. The van der Waals surface area contributed by atoms with Crippen LogP contribution in [-0.2, 0) is 22.6 Å². The lowest BCUT2D eigenvalue weighted by Gasteiger charge is -2.29. The van der Waals surface area contributed by atoms with Gasteiger partial charge in [-0.25, -0.2) is 4.79 Å². The van der Waals surface area contributed by atoms with Crippen LogP contribution < -0.4 is 15.0 Å². The molecular weight excluding hydrogens is 547 g/mol. The van der Waals surface area contributed by atoms with E-state index in [-0.39, 0.29) is 38.6 Å². The zero-order chi connectivity index (χ0) is 27.4. The van der Waals surface area contributed by atoms with Gasteiger partial charge in [0.2, 0.25) is 0 Å². The van der Waals surface area contributed by atoms with Crippen molar-refractivity contribution < 1.29 is 24.2 Å². The summed E-state index contributed by atoms with van der Waals surface area (Å²) in [4.78, 5) is 38.2. The highest BCUT2D eigenvalue weighted by Crippen LogP contribution is 2.34. The molecule has 0 atom stereocenters. The molecule has 3 aromatic rings. The van der Waals surface area contributed by atoms with Gasteiger partial charge in [-0.3, -0.25) is 19.8 Å². The third-order valence-electron chi connectivity index (χ3n) is 5.63. The van der Waals surface area contributed by atoms with Crippen molar-refractivity contribution in [2.45, 2.75) is 13.0 Å². The van der Waals surface area contributed by atoms with Gasteiger partial charge in [0.05, 0.1) is 21.3 Å². The van der Waals surface area contributed by atoms with Crippen molar-refractivity contribution in [1.82, 2.24) is 5.32 Å². The highest BCUT2D eigenvalue weighted by Gasteiger charge is 2.35. The number of thiocarbonyl (C=S) groups is 1. The van der Waals surface area contributed by atoms with Gasteiger partial charge in [-0.05, 0) is 77.8 Å². The van der Waals surface area contributed by atoms with E-state index in [2.05, 4.69) is 11.9 Å². The molecule has 38 heavy (non-hydrogen) atoms. The van der Waals surface area contributed by atoms with Crippen molar-refractivity contribution in [3.63, 3.8) is 0 Å². The van der Waals surface area contributed by atoms with Crippen molar-refractivity contribution in [3.05, 3.63) is 111 Å². The van der Waals surface area contributed by atoms with Gasteiger partial charge in [0.25, 0.3) is 11.8 Å². The Morgan fingerprint density at radius 1 is 1.11 bits per heavy atom. The molecule has 0 spiro atoms. The van der Waals surface area contributed by atoms with E-state index in [9.17, 15) is 14.4 Å². The minimum atomic E-state index is -0.999. The van der Waals surface area contributed by atoms with Gasteiger partial charge in [0.1, 0.15) is 17.9 Å². The maximum absolute atomic E-state index is 13.3. The van der Waals surface area contributed by atoms with Crippen molar-refractivity contribution >= 4 is 70.1 Å². The summed E-state index contributed by atoms with van der Waals surface area (Å²) in [5, 5.41) is 11.8. The Morgan fingerprint density at radius 3 is 2.53 bits per heavy atom. The largest absolute Gasteiger partial charge is 0.489 e. The first-order chi connectivity index (χ1) is 18.2. The zero-order valence-corrected chi connectivity index (χ0v) is 22.1. The van der Waals surface area contributed by atoms with Crippen LogP contribution in [0.2, 0.25) is 10.0 Å². The number of nitrogens with zero attached hydrogens (tertiary/aromatic N) is 1. The molecule has 0 radical (unpaired) electrons. The number of rotatable bonds is 8. The number of aromatic carboxylic acids is 1. The molecule has 7 nitrogen and oxygen atoms in total. The molecule has 2 N–H and O–H groups in total. The molecule has 2 amide bonds. The van der Waals surface area contributed by atoms with E-state index in [1.54, 1.807) is 54.6 Å². The first kappa shape index (κ1) is 27.1. The molecule has 0 bridgehead atoms. The lowest BCUT2D eigenvalue weighted by atomic mass is 10.0. The smallest absolute Gasteiger partial charge is 0.335 e. The SMILES string of the molecule is C=CCc1cc(/C=C2\C(=O)NC(=S)N(c3cccc(Cl)c3Cl)C2=O)ccc1OCc1ccc(C(=O)O)cc1. The van der Waals surface area contributed by atoms with Gasteiger partial charge in [0.15, 0.2) is 5.11 Å². The van der Waals surface area contributed by atoms with E-state index in [1.165, 1.54) is 18.2 Å². The normalized spacial score (nSPS) is 14.4. The van der Waals surface area contributed by atoms with Gasteiger partial charge < -0.3 is 9.84 Å². The topological polar surface area (TPSA) is 95.9 Å². The predicted molar refractivity (Wildman–Crippen MR) is 151 cm³/mol. The second-order valence-corrected chi connectivity index (χ2v) is 9.35. The maximum atomic E-state index is 13.3. The van der Waals surface area contributed by atoms with Crippen LogP contribution >= 0.6 is 35.4 Å². The molecule has 0 aliphatic carbocycles. The predicted octanol–water partition coefficient (Wildman–Crippen LogP) is 5.83. The Hall–Kier alpha value is -3.98. The summed E-state index contributed by atoms with van der Waals surface area (Å²) < 4.78 is 5.96. The molecule has 1 saturated heterocycles. The first-order valence-electron chi connectivity index (χ1n) is 11.2. The molecule has 0 aromatic heterocycles. The van der Waals surface area contributed by atoms with Gasteiger partial charge in [0, 0.05) is 0 Å². The summed E-state index contributed by atoms with van der Waals surface area (Å²) in [6.07, 6.45) is 3.64. The van der Waals surface area contributed by atoms with Crippen LogP contribution in [0.25, 0.3) is 6.08 Å². The molecule has 192 valence electrons. The number of halogens is 2. The molecule has 1 aliphatic rings. The number of carboxylic acid groups (broad SMARTS) is 1. The number of carboxylic acids is 1. The third kappa shape index (κ3) is 5.78. The monoisotopic (exact) mass is 566 g/mol. The van der Waals surface area contributed by atoms with Crippen LogP contribution in [-0.4, -0.2) is 28.0 Å². The maximum Gasteiger partial charge on any atom is 0.335 e. The van der Waals surface area contributed by atoms with E-state index in [0.29, 0.717) is 17.7 Å². The summed E-state index contributed by atoms with van der Waals surface area (Å²) in [6, 6.07) is 16.4. The molecule has 0 saturated carbocycles. The number of hydrogen-bond donors (Lipinski definition) is 2. The average molecular weight is 567 g/mol. The Kier molecular flexibility index (Phi) is 8.26. The summed E-state index contributed by atoms with van der Waals surface area (Å²) >= 11 is 17.6. The van der Waals surface area contributed by atoms with E-state index < -0.39 is 17.8 Å². The van der Waals surface area contributed by atoms with Gasteiger partial charge >= 0.3 is 5.97 Å². The quantitative estimate of drug-likeness (QED) is 0.154. The van der Waals surface area contributed by atoms with Crippen molar-refractivity contribution in [2.24, 2.45) is 0 Å². The van der Waals surface area contributed by atoms with E-state index >= 15 is 0 Å². The number of nitrogens with one attached hydrogen (secondary N) is 1. The number of amides is 2. The molecule has 4 rings (SSSR count). The number of allylic oxidation sites excluding steroid dienone is 1. The standard InChI is InChI=1S/C28H20Cl2N2O5S/c1-2-4-19-13-17(9-12-23(19)37-15-16-7-10-18(11-8-16)27(35)36)14-20-25(33)31-28(38)32(26(20)34)22-6-3-5-21(29)24(22)30/h2-3,5-14H,1,4,15H2,(H,35,36)(H,31,33,38)/b20-14+. The number of ether oxygens (including phenoxy) is 1. The van der Waals surface area contributed by atoms with Crippen molar-refractivity contribution in [1.29, 1.82) is 0 Å². The van der Waals surface area contributed by atoms with E-state index in [4.69, 9.17) is 45.3 Å². The van der Waals surface area contributed by atoms with Crippen LogP contribution in [0.1, 0.15) is 27.0 Å². The Morgan fingerprint density at radius 2 is 1.84 bits per heavy atom. The van der Waals surface area contributed by atoms with Gasteiger partial charge in [-0.1, -0.05) is 53.5 Å². The summed E-state index contributed by atoms with van der Waals surface area (Å²) in [7, 11) is 0. The fraction of sp³-hybridized carbons (Fsp3) is 0.0714. The molecule has 1 aliphatic heterocycles. The Bertz CT molecular complexity index is 1500. The number of carbonyl (C=O) groups is 3. The zero-order valence-electron chi connectivity index (χ0n) is 19.7. The number of anilines is 1. The van der Waals surface area contributed by atoms with E-state index in [0.717, 1.165) is 16.0 Å². The molecule has 3 aromatic carbocycles. The molecular formula is C28H20Cl2N2O5S. The number of carbonyl (C=O) groups excluding carboxylic acids is 2. The van der Waals surface area contributed by atoms with Crippen LogP contribution in [0.15, 0.2) is 78.9 Å². The minimum absolute atomic E-state index is 0.103. The molecule has 10 heteroatoms. The second kappa shape index (κ2) is 11.6. The van der Waals surface area contributed by atoms with Crippen LogP contribution in [0.4, 0.5) is 5.69 Å². The third-order valence-corrected chi connectivity index (χ3v) is 6.72. The van der Waals surface area contributed by atoms with E-state index in [1.807, 2.05) is 0 Å². The highest BCUT2D eigenvalue weighted by atomic mass is 35.5. The van der Waals surface area contributed by atoms with Crippen molar-refractivity contribution in [3.8, 4) is 5.75 Å². The first-order valence-corrected chi connectivity index (χ1v) is 12.4. The fourth-order valence-electron chi connectivity index (χ4n) is 3.76. The fourth-order valence-corrected chi connectivity index (χ4v) is 4.41. The van der Waals surface area contributed by atoms with Crippen LogP contribution in [0, 0.1) is 0 Å². The molecule has 0 unspecified atom stereocenters. The van der Waals surface area contributed by atoms with Crippen LogP contribution in [0.5, 0.6) is 5.75 Å². The lowest BCUT2D eigenvalue weighted by Crippen LogP contribution is -2.54.